The highest BCUT2D eigenvalue weighted by Crippen LogP contribution is 2.35. The number of aromatic nitrogens is 3. The van der Waals surface area contributed by atoms with Gasteiger partial charge in [-0.05, 0) is 36.8 Å². The summed E-state index contributed by atoms with van der Waals surface area (Å²) in [5, 5.41) is 26.5. The lowest BCUT2D eigenvalue weighted by molar-refractivity contribution is 0.151. The van der Waals surface area contributed by atoms with Crippen molar-refractivity contribution in [3.05, 3.63) is 52.4 Å². The molecule has 0 bridgehead atoms. The fourth-order valence-corrected chi connectivity index (χ4v) is 3.42. The van der Waals surface area contributed by atoms with Gasteiger partial charge < -0.3 is 15.0 Å². The Hall–Kier alpha value is -3.62. The van der Waals surface area contributed by atoms with Gasteiger partial charge in [-0.1, -0.05) is 0 Å². The zero-order chi connectivity index (χ0) is 18.9. The van der Waals surface area contributed by atoms with E-state index in [1.54, 1.807) is 41.2 Å². The van der Waals surface area contributed by atoms with E-state index in [1.807, 2.05) is 0 Å². The Morgan fingerprint density at radius 3 is 2.78 bits per heavy atom. The molecule has 4 rings (SSSR count). The molecule has 2 N–H and O–H groups in total. The summed E-state index contributed by atoms with van der Waals surface area (Å²) >= 11 is 0. The Morgan fingerprint density at radius 2 is 2.11 bits per heavy atom. The first kappa shape index (κ1) is 16.8. The van der Waals surface area contributed by atoms with E-state index in [0.717, 1.165) is 0 Å². The lowest BCUT2D eigenvalue weighted by Gasteiger charge is -2.25. The van der Waals surface area contributed by atoms with Crippen molar-refractivity contribution < 1.29 is 4.74 Å². The highest BCUT2D eigenvalue weighted by molar-refractivity contribution is 5.91. The van der Waals surface area contributed by atoms with Crippen molar-refractivity contribution in [2.75, 3.05) is 18.5 Å². The SMILES string of the molecule is N#CC[C@]1(n2nc(Nc3ccc(C#N)cc3)c3c(=O)[nH]ccc32)CCOC1. The normalized spacial score (nSPS) is 18.9. The Kier molecular flexibility index (Phi) is 4.11. The Bertz CT molecular complexity index is 1120. The van der Waals surface area contributed by atoms with E-state index in [-0.39, 0.29) is 12.0 Å². The van der Waals surface area contributed by atoms with Crippen LogP contribution in [0.1, 0.15) is 18.4 Å². The van der Waals surface area contributed by atoms with Crippen LogP contribution in [0.3, 0.4) is 0 Å². The number of pyridine rings is 1. The van der Waals surface area contributed by atoms with Crippen LogP contribution in [0.2, 0.25) is 0 Å². The molecule has 0 amide bonds. The van der Waals surface area contributed by atoms with Gasteiger partial charge in [0.25, 0.3) is 5.56 Å². The Morgan fingerprint density at radius 1 is 1.30 bits per heavy atom. The molecule has 3 aromatic rings. The molecule has 2 aromatic heterocycles. The number of fused-ring (bicyclic) bond motifs is 1. The number of nitriles is 2. The van der Waals surface area contributed by atoms with Crippen LogP contribution in [0, 0.1) is 22.7 Å². The fourth-order valence-electron chi connectivity index (χ4n) is 3.42. The van der Waals surface area contributed by atoms with Crippen LogP contribution >= 0.6 is 0 Å². The molecule has 0 aliphatic carbocycles. The van der Waals surface area contributed by atoms with Crippen molar-refractivity contribution in [1.82, 2.24) is 14.8 Å². The van der Waals surface area contributed by atoms with Gasteiger partial charge in [-0.2, -0.15) is 15.6 Å². The van der Waals surface area contributed by atoms with Crippen LogP contribution in [-0.2, 0) is 10.3 Å². The molecule has 1 aliphatic rings. The zero-order valence-corrected chi connectivity index (χ0v) is 14.4. The van der Waals surface area contributed by atoms with Gasteiger partial charge in [0.05, 0.1) is 36.2 Å². The average Bonchev–Trinajstić information content (AvgIpc) is 3.29. The maximum Gasteiger partial charge on any atom is 0.261 e. The van der Waals surface area contributed by atoms with Crippen molar-refractivity contribution in [2.45, 2.75) is 18.4 Å². The predicted molar refractivity (Wildman–Crippen MR) is 98.4 cm³/mol. The number of rotatable bonds is 4. The molecule has 0 radical (unpaired) electrons. The Balaban J connectivity index is 1.85. The van der Waals surface area contributed by atoms with E-state index in [0.29, 0.717) is 47.6 Å². The molecular weight excluding hydrogens is 344 g/mol. The van der Waals surface area contributed by atoms with Gasteiger partial charge in [-0.15, -0.1) is 0 Å². The van der Waals surface area contributed by atoms with Gasteiger partial charge in [0.2, 0.25) is 0 Å². The minimum atomic E-state index is -0.592. The number of aromatic amines is 1. The topological polar surface area (TPSA) is 120 Å². The van der Waals surface area contributed by atoms with Crippen molar-refractivity contribution >= 4 is 22.4 Å². The van der Waals surface area contributed by atoms with Crippen LogP contribution in [0.4, 0.5) is 11.5 Å². The minimum Gasteiger partial charge on any atom is -0.379 e. The lowest BCUT2D eigenvalue weighted by Crippen LogP contribution is -2.34. The minimum absolute atomic E-state index is 0.243. The summed E-state index contributed by atoms with van der Waals surface area (Å²) in [6, 6.07) is 13.0. The van der Waals surface area contributed by atoms with E-state index in [1.165, 1.54) is 0 Å². The maximum absolute atomic E-state index is 12.5. The van der Waals surface area contributed by atoms with Crippen molar-refractivity contribution in [3.63, 3.8) is 0 Å². The number of nitrogens with zero attached hydrogens (tertiary/aromatic N) is 4. The Labute approximate surface area is 154 Å². The van der Waals surface area contributed by atoms with Crippen LogP contribution in [-0.4, -0.2) is 28.0 Å². The summed E-state index contributed by atoms with van der Waals surface area (Å²) in [5.74, 6) is 0.403. The van der Waals surface area contributed by atoms with Gasteiger partial charge in [0, 0.05) is 18.5 Å². The molecule has 1 saturated heterocycles. The zero-order valence-electron chi connectivity index (χ0n) is 14.4. The number of nitrogens with one attached hydrogen (secondary N) is 2. The van der Waals surface area contributed by atoms with Crippen LogP contribution in [0.5, 0.6) is 0 Å². The van der Waals surface area contributed by atoms with Gasteiger partial charge in [0.1, 0.15) is 10.9 Å². The number of H-pyrrole nitrogens is 1. The first-order valence-corrected chi connectivity index (χ1v) is 8.50. The van der Waals surface area contributed by atoms with E-state index >= 15 is 0 Å². The largest absolute Gasteiger partial charge is 0.379 e. The molecule has 8 nitrogen and oxygen atoms in total. The van der Waals surface area contributed by atoms with E-state index in [9.17, 15) is 10.1 Å². The van der Waals surface area contributed by atoms with Crippen LogP contribution in [0.15, 0.2) is 41.3 Å². The molecule has 1 fully saturated rings. The van der Waals surface area contributed by atoms with Crippen molar-refractivity contribution in [1.29, 1.82) is 10.5 Å². The van der Waals surface area contributed by atoms with Gasteiger partial charge in [0.15, 0.2) is 5.82 Å². The predicted octanol–water partition coefficient (Wildman–Crippen LogP) is 2.37. The van der Waals surface area contributed by atoms with E-state index in [2.05, 4.69) is 27.5 Å². The summed E-state index contributed by atoms with van der Waals surface area (Å²) in [5.41, 5.74) is 1.05. The molecule has 1 aliphatic heterocycles. The molecule has 0 saturated carbocycles. The molecule has 1 aromatic carbocycles. The van der Waals surface area contributed by atoms with E-state index in [4.69, 9.17) is 10.00 Å². The van der Waals surface area contributed by atoms with Gasteiger partial charge in [-0.25, -0.2) is 0 Å². The highest BCUT2D eigenvalue weighted by atomic mass is 16.5. The van der Waals surface area contributed by atoms with Crippen molar-refractivity contribution in [2.24, 2.45) is 0 Å². The number of hydrogen-bond acceptors (Lipinski definition) is 6. The smallest absolute Gasteiger partial charge is 0.261 e. The molecule has 0 spiro atoms. The molecule has 1 atom stereocenters. The number of benzene rings is 1. The second-order valence-electron chi connectivity index (χ2n) is 6.50. The number of hydrogen-bond donors (Lipinski definition) is 2. The second-order valence-corrected chi connectivity index (χ2v) is 6.50. The monoisotopic (exact) mass is 360 g/mol. The van der Waals surface area contributed by atoms with Crippen LogP contribution in [0.25, 0.3) is 10.9 Å². The lowest BCUT2D eigenvalue weighted by atomic mass is 9.95. The molecule has 3 heterocycles. The van der Waals surface area contributed by atoms with Crippen LogP contribution < -0.4 is 10.9 Å². The summed E-state index contributed by atoms with van der Waals surface area (Å²) in [4.78, 5) is 15.2. The van der Waals surface area contributed by atoms with E-state index < -0.39 is 5.54 Å². The molecule has 27 heavy (non-hydrogen) atoms. The third-order valence-electron chi connectivity index (χ3n) is 4.82. The molecule has 8 heteroatoms. The summed E-state index contributed by atoms with van der Waals surface area (Å²) in [6.45, 7) is 0.922. The molecule has 0 unspecified atom stereocenters. The van der Waals surface area contributed by atoms with Crippen molar-refractivity contribution in [3.8, 4) is 12.1 Å². The molecule has 134 valence electrons. The second kappa shape index (κ2) is 6.60. The summed E-state index contributed by atoms with van der Waals surface area (Å²) < 4.78 is 7.30. The summed E-state index contributed by atoms with van der Waals surface area (Å²) in [6.07, 6.45) is 2.47. The number of anilines is 2. The standard InChI is InChI=1S/C19H16N6O2/c20-8-6-19(7-10-27-12-19)25-15-5-9-22-18(26)16(15)17(24-25)23-14-3-1-13(11-21)2-4-14/h1-5,9H,6-7,10,12H2,(H,22,26)(H,23,24)/t19-/m0/s1. The third-order valence-corrected chi connectivity index (χ3v) is 4.82. The quantitative estimate of drug-likeness (QED) is 0.737. The number of ether oxygens (including phenoxy) is 1. The molecular formula is C19H16N6O2. The van der Waals surface area contributed by atoms with Gasteiger partial charge >= 0.3 is 0 Å². The summed E-state index contributed by atoms with van der Waals surface area (Å²) in [7, 11) is 0. The first-order valence-electron chi connectivity index (χ1n) is 8.50. The average molecular weight is 360 g/mol. The van der Waals surface area contributed by atoms with Gasteiger partial charge in [-0.3, -0.25) is 9.48 Å². The maximum atomic E-state index is 12.5. The fraction of sp³-hybridized carbons (Fsp3) is 0.263. The first-order chi connectivity index (χ1) is 13.2. The third kappa shape index (κ3) is 2.82. The highest BCUT2D eigenvalue weighted by Gasteiger charge is 2.39.